The van der Waals surface area contributed by atoms with Crippen LogP contribution in [0.1, 0.15) is 35.2 Å². The number of anilines is 1. The molecule has 0 spiro atoms. The van der Waals surface area contributed by atoms with Crippen molar-refractivity contribution >= 4 is 21.6 Å². The fourth-order valence-electron chi connectivity index (χ4n) is 3.32. The van der Waals surface area contributed by atoms with Crippen LogP contribution in [-0.2, 0) is 14.8 Å². The number of hydrogen-bond donors (Lipinski definition) is 1. The van der Waals surface area contributed by atoms with Crippen molar-refractivity contribution in [1.82, 2.24) is 5.32 Å². The molecule has 1 atom stereocenters. The van der Waals surface area contributed by atoms with E-state index >= 15 is 0 Å². The lowest BCUT2D eigenvalue weighted by molar-refractivity contribution is -0.120. The van der Waals surface area contributed by atoms with Crippen molar-refractivity contribution in [2.75, 3.05) is 31.3 Å². The predicted molar refractivity (Wildman–Crippen MR) is 119 cm³/mol. The molecule has 2 aromatic rings. The van der Waals surface area contributed by atoms with Crippen LogP contribution >= 0.6 is 0 Å². The van der Waals surface area contributed by atoms with E-state index in [1.165, 1.54) is 25.8 Å². The van der Waals surface area contributed by atoms with Crippen molar-refractivity contribution in [2.24, 2.45) is 0 Å². The molecule has 0 saturated heterocycles. The maximum absolute atomic E-state index is 12.8. The molecule has 1 amide bonds. The molecule has 0 bridgehead atoms. The Hall–Kier alpha value is -2.74. The summed E-state index contributed by atoms with van der Waals surface area (Å²) in [7, 11) is -0.831. The van der Waals surface area contributed by atoms with Gasteiger partial charge in [-0.05, 0) is 62.1 Å². The summed E-state index contributed by atoms with van der Waals surface area (Å²) in [5.41, 5.74) is 4.62. The van der Waals surface area contributed by atoms with Crippen LogP contribution in [0.3, 0.4) is 0 Å². The number of carbonyl (C=O) groups excluding carboxylic acids is 1. The summed E-state index contributed by atoms with van der Waals surface area (Å²) in [6.07, 6.45) is 1.05. The SMILES string of the molecule is COc1ccc(OC)c(N(CC(=O)NC(C)c2cc(C)c(C)cc2C)S(C)(=O)=O)c1. The average Bonchev–Trinajstić information content (AvgIpc) is 2.67. The molecule has 8 heteroatoms. The highest BCUT2D eigenvalue weighted by Gasteiger charge is 2.25. The minimum absolute atomic E-state index is 0.240. The van der Waals surface area contributed by atoms with Crippen LogP contribution < -0.4 is 19.1 Å². The maximum Gasteiger partial charge on any atom is 0.241 e. The number of rotatable bonds is 8. The Morgan fingerprint density at radius 1 is 1.03 bits per heavy atom. The molecular weight excluding hydrogens is 404 g/mol. The summed E-state index contributed by atoms with van der Waals surface area (Å²) >= 11 is 0. The summed E-state index contributed by atoms with van der Waals surface area (Å²) in [5.74, 6) is 0.362. The Labute approximate surface area is 179 Å². The summed E-state index contributed by atoms with van der Waals surface area (Å²) in [6.45, 7) is 7.56. The Balaban J connectivity index is 2.31. The quantitative estimate of drug-likeness (QED) is 0.689. The van der Waals surface area contributed by atoms with Gasteiger partial charge >= 0.3 is 0 Å². The third-order valence-corrected chi connectivity index (χ3v) is 6.20. The minimum Gasteiger partial charge on any atom is -0.497 e. The van der Waals surface area contributed by atoms with E-state index in [4.69, 9.17) is 9.47 Å². The van der Waals surface area contributed by atoms with Crippen molar-refractivity contribution in [3.8, 4) is 11.5 Å². The van der Waals surface area contributed by atoms with E-state index in [0.29, 0.717) is 11.5 Å². The molecule has 1 N–H and O–H groups in total. The molecular formula is C22H30N2O5S. The van der Waals surface area contributed by atoms with Crippen molar-refractivity contribution in [3.63, 3.8) is 0 Å². The van der Waals surface area contributed by atoms with Crippen molar-refractivity contribution in [1.29, 1.82) is 0 Å². The molecule has 164 valence electrons. The normalized spacial score (nSPS) is 12.2. The second-order valence-corrected chi connectivity index (χ2v) is 9.30. The van der Waals surface area contributed by atoms with E-state index in [1.807, 2.05) is 27.7 Å². The van der Waals surface area contributed by atoms with Crippen LogP contribution in [0, 0.1) is 20.8 Å². The zero-order chi connectivity index (χ0) is 22.6. The fourth-order valence-corrected chi connectivity index (χ4v) is 4.17. The number of benzene rings is 2. The third-order valence-electron chi connectivity index (χ3n) is 5.07. The topological polar surface area (TPSA) is 84.9 Å². The molecule has 0 aliphatic rings. The highest BCUT2D eigenvalue weighted by molar-refractivity contribution is 7.92. The molecule has 2 aromatic carbocycles. The maximum atomic E-state index is 12.8. The molecule has 7 nitrogen and oxygen atoms in total. The number of nitrogens with one attached hydrogen (secondary N) is 1. The summed E-state index contributed by atoms with van der Waals surface area (Å²) in [6, 6.07) is 8.65. The van der Waals surface area contributed by atoms with Crippen LogP contribution in [0.15, 0.2) is 30.3 Å². The standard InChI is InChI=1S/C22H30N2O5S/c1-14-10-16(3)19(11-15(14)2)17(4)23-22(25)13-24(30(7,26)27)20-12-18(28-5)8-9-21(20)29-6/h8-12,17H,13H2,1-7H3,(H,23,25). The number of ether oxygens (including phenoxy) is 2. The number of methoxy groups -OCH3 is 2. The molecule has 0 aromatic heterocycles. The number of carbonyl (C=O) groups is 1. The zero-order valence-corrected chi connectivity index (χ0v) is 19.4. The van der Waals surface area contributed by atoms with Gasteiger partial charge in [-0.15, -0.1) is 0 Å². The van der Waals surface area contributed by atoms with Crippen LogP contribution in [0.25, 0.3) is 0 Å². The summed E-state index contributed by atoms with van der Waals surface area (Å²) in [5, 5.41) is 2.90. The molecule has 0 aliphatic carbocycles. The summed E-state index contributed by atoms with van der Waals surface area (Å²) in [4.78, 5) is 12.8. The van der Waals surface area contributed by atoms with Gasteiger partial charge in [-0.3, -0.25) is 9.10 Å². The monoisotopic (exact) mass is 434 g/mol. The number of sulfonamides is 1. The summed E-state index contributed by atoms with van der Waals surface area (Å²) < 4.78 is 36.5. The molecule has 30 heavy (non-hydrogen) atoms. The first-order valence-corrected chi connectivity index (χ1v) is 11.4. The van der Waals surface area contributed by atoms with Gasteiger partial charge in [-0.25, -0.2) is 8.42 Å². The third kappa shape index (κ3) is 5.44. The molecule has 1 unspecified atom stereocenters. The Kier molecular flexibility index (Phi) is 7.36. The smallest absolute Gasteiger partial charge is 0.241 e. The Bertz CT molecular complexity index is 1030. The fraction of sp³-hybridized carbons (Fsp3) is 0.409. The predicted octanol–water partition coefficient (Wildman–Crippen LogP) is 3.27. The van der Waals surface area contributed by atoms with Gasteiger partial charge in [-0.1, -0.05) is 12.1 Å². The van der Waals surface area contributed by atoms with Crippen LogP contribution in [0.4, 0.5) is 5.69 Å². The van der Waals surface area contributed by atoms with Gasteiger partial charge in [0, 0.05) is 6.07 Å². The van der Waals surface area contributed by atoms with Crippen LogP contribution in [0.2, 0.25) is 0 Å². The first kappa shape index (κ1) is 23.5. The van der Waals surface area contributed by atoms with E-state index in [-0.39, 0.29) is 18.3 Å². The highest BCUT2D eigenvalue weighted by atomic mass is 32.2. The molecule has 0 radical (unpaired) electrons. The van der Waals surface area contributed by atoms with E-state index in [0.717, 1.165) is 27.3 Å². The van der Waals surface area contributed by atoms with Gasteiger partial charge in [0.15, 0.2) is 0 Å². The molecule has 0 saturated carbocycles. The average molecular weight is 435 g/mol. The van der Waals surface area contributed by atoms with E-state index in [2.05, 4.69) is 17.4 Å². The second kappa shape index (κ2) is 9.38. The van der Waals surface area contributed by atoms with Gasteiger partial charge in [0.25, 0.3) is 0 Å². The van der Waals surface area contributed by atoms with Crippen molar-refractivity contribution < 1.29 is 22.7 Å². The lowest BCUT2D eigenvalue weighted by Crippen LogP contribution is -2.41. The van der Waals surface area contributed by atoms with Crippen molar-refractivity contribution in [3.05, 3.63) is 52.6 Å². The van der Waals surface area contributed by atoms with Gasteiger partial charge in [0.1, 0.15) is 18.0 Å². The minimum atomic E-state index is -3.75. The van der Waals surface area contributed by atoms with Gasteiger partial charge in [-0.2, -0.15) is 0 Å². The number of hydrogen-bond acceptors (Lipinski definition) is 5. The number of amides is 1. The van der Waals surface area contributed by atoms with Gasteiger partial charge < -0.3 is 14.8 Å². The lowest BCUT2D eigenvalue weighted by atomic mass is 9.96. The van der Waals surface area contributed by atoms with Crippen molar-refractivity contribution in [2.45, 2.75) is 33.7 Å². The second-order valence-electron chi connectivity index (χ2n) is 7.39. The van der Waals surface area contributed by atoms with Gasteiger partial charge in [0.05, 0.1) is 32.2 Å². The number of aryl methyl sites for hydroxylation is 3. The van der Waals surface area contributed by atoms with Crippen LogP contribution in [-0.4, -0.2) is 41.3 Å². The zero-order valence-electron chi connectivity index (χ0n) is 18.6. The highest BCUT2D eigenvalue weighted by Crippen LogP contribution is 2.33. The van der Waals surface area contributed by atoms with Crippen LogP contribution in [0.5, 0.6) is 11.5 Å². The Morgan fingerprint density at radius 3 is 2.23 bits per heavy atom. The lowest BCUT2D eigenvalue weighted by Gasteiger charge is -2.25. The first-order chi connectivity index (χ1) is 14.0. The molecule has 2 rings (SSSR count). The van der Waals surface area contributed by atoms with E-state index < -0.39 is 15.9 Å². The van der Waals surface area contributed by atoms with E-state index in [1.54, 1.807) is 12.1 Å². The van der Waals surface area contributed by atoms with E-state index in [9.17, 15) is 13.2 Å². The first-order valence-electron chi connectivity index (χ1n) is 9.54. The number of nitrogens with zero attached hydrogens (tertiary/aromatic N) is 1. The molecule has 0 aliphatic heterocycles. The molecule has 0 fully saturated rings. The van der Waals surface area contributed by atoms with Gasteiger partial charge in [0.2, 0.25) is 15.9 Å². The Morgan fingerprint density at radius 2 is 1.67 bits per heavy atom. The largest absolute Gasteiger partial charge is 0.497 e. The molecule has 0 heterocycles.